The summed E-state index contributed by atoms with van der Waals surface area (Å²) in [5, 5.41) is 10.0. The summed E-state index contributed by atoms with van der Waals surface area (Å²) < 4.78 is 13.8. The number of hydrogen-bond acceptors (Lipinski definition) is 4. The first kappa shape index (κ1) is 39.7. The van der Waals surface area contributed by atoms with E-state index in [9.17, 15) is 0 Å². The van der Waals surface area contributed by atoms with E-state index in [4.69, 9.17) is 9.15 Å². The van der Waals surface area contributed by atoms with E-state index >= 15 is 0 Å². The topological polar surface area (TPSA) is 25.6 Å². The van der Waals surface area contributed by atoms with Gasteiger partial charge in [-0.3, -0.25) is 0 Å². The van der Waals surface area contributed by atoms with Crippen molar-refractivity contribution in [3.63, 3.8) is 0 Å². The third-order valence-electron chi connectivity index (χ3n) is 15.0. The summed E-state index contributed by atoms with van der Waals surface area (Å²) in [6.45, 7) is 0.0674. The zero-order valence-electron chi connectivity index (χ0n) is 37.8. The lowest BCUT2D eigenvalue weighted by Crippen LogP contribution is -2.77. The smallest absolute Gasteiger partial charge is 0.253 e. The van der Waals surface area contributed by atoms with Gasteiger partial charge in [-0.25, -0.2) is 0 Å². The Labute approximate surface area is 411 Å². The molecule has 15 rings (SSSR count). The molecule has 6 heteroatoms. The number of hydrogen-bond donors (Lipinski definition) is 0. The van der Waals surface area contributed by atoms with Gasteiger partial charge in [0, 0.05) is 43.6 Å². The van der Waals surface area contributed by atoms with E-state index in [-0.39, 0.29) is 6.71 Å². The first-order valence-electron chi connectivity index (χ1n) is 24.0. The maximum Gasteiger partial charge on any atom is 0.253 e. The lowest BCUT2D eigenvalue weighted by atomic mass is 9.35. The van der Waals surface area contributed by atoms with Crippen LogP contribution in [0.3, 0.4) is 0 Å². The van der Waals surface area contributed by atoms with Crippen LogP contribution in [0.4, 0.5) is 17.1 Å². The van der Waals surface area contributed by atoms with Crippen molar-refractivity contribution < 1.29 is 9.15 Å². The molecular formula is C64H40BNO2SSi. The largest absolute Gasteiger partial charge is 0.458 e. The lowest BCUT2D eigenvalue weighted by Gasteiger charge is -2.46. The Morgan fingerprint density at radius 3 is 1.94 bits per heavy atom. The van der Waals surface area contributed by atoms with Gasteiger partial charge in [-0.2, -0.15) is 0 Å². The molecule has 0 saturated heterocycles. The molecule has 70 heavy (non-hydrogen) atoms. The van der Waals surface area contributed by atoms with Crippen LogP contribution in [0.1, 0.15) is 0 Å². The molecule has 0 saturated carbocycles. The molecule has 4 heterocycles. The fourth-order valence-corrected chi connectivity index (χ4v) is 18.4. The van der Waals surface area contributed by atoms with Crippen molar-refractivity contribution in [1.82, 2.24) is 0 Å². The number of fused-ring (bicyclic) bond motifs is 10. The summed E-state index contributed by atoms with van der Waals surface area (Å²) in [4.78, 5) is 5.04. The highest BCUT2D eigenvalue weighted by molar-refractivity contribution is 8.00. The number of furan rings is 1. The molecule has 0 bridgehead atoms. The summed E-state index contributed by atoms with van der Waals surface area (Å²) in [7, 11) is -3.13. The summed E-state index contributed by atoms with van der Waals surface area (Å²) in [6.07, 6.45) is 0. The van der Waals surface area contributed by atoms with Crippen molar-refractivity contribution >= 4 is 113 Å². The standard InChI is InChI=1S/C64H40BNO2SSi/c1-3-19-45(20-4-1)70(46-21-5-2-6-22-46)61-36-34-42(49-26-16-27-51-50-24-9-12-30-56(50)68-64(49)51)37-55(61)66(54-35-33-43(38-62(54)70)48-25-15-18-41-17-7-8-23-47(41)48)44-39-58-63-60(40-44)69-59-32-14-11-29-53(59)65(63)52-28-10-13-31-57(52)67-58/h1-40H. The molecule has 0 spiro atoms. The fourth-order valence-electron chi connectivity index (χ4n) is 12.1. The predicted octanol–water partition coefficient (Wildman–Crippen LogP) is 12.3. The van der Waals surface area contributed by atoms with Crippen molar-refractivity contribution in [1.29, 1.82) is 0 Å². The van der Waals surface area contributed by atoms with Crippen molar-refractivity contribution in [3.05, 3.63) is 243 Å². The molecule has 11 aromatic carbocycles. The molecule has 0 atom stereocenters. The Morgan fingerprint density at radius 1 is 0.429 bits per heavy atom. The number of ether oxygens (including phenoxy) is 1. The van der Waals surface area contributed by atoms with Crippen molar-refractivity contribution in [2.24, 2.45) is 0 Å². The van der Waals surface area contributed by atoms with E-state index in [1.54, 1.807) is 0 Å². The van der Waals surface area contributed by atoms with Gasteiger partial charge in [-0.1, -0.05) is 217 Å². The van der Waals surface area contributed by atoms with E-state index in [1.807, 2.05) is 11.8 Å². The SMILES string of the molecule is c1ccc([Si]2(c3ccccc3)c3ccc(-c4cccc5c4oc4ccccc45)cc3N(c3cc4c5c(c3)Sc3ccccc3B5c3ccccc3O4)c3ccc(-c4cccc5ccccc45)cc32)cc1. The fraction of sp³-hybridized carbons (Fsp3) is 0. The van der Waals surface area contributed by atoms with Gasteiger partial charge in [0.15, 0.2) is 8.07 Å². The minimum absolute atomic E-state index is 0.0674. The van der Waals surface area contributed by atoms with Crippen LogP contribution in [-0.2, 0) is 0 Å². The number of nitrogens with zero attached hydrogens (tertiary/aromatic N) is 1. The number of rotatable bonds is 5. The molecule has 1 aromatic heterocycles. The average Bonchev–Trinajstić information content (AvgIpc) is 3.82. The summed E-state index contributed by atoms with van der Waals surface area (Å²) in [5.41, 5.74) is 13.5. The van der Waals surface area contributed by atoms with Crippen LogP contribution < -0.4 is 46.8 Å². The van der Waals surface area contributed by atoms with Crippen molar-refractivity contribution in [2.45, 2.75) is 9.79 Å². The molecule has 0 aliphatic carbocycles. The minimum Gasteiger partial charge on any atom is -0.458 e. The van der Waals surface area contributed by atoms with E-state index < -0.39 is 8.07 Å². The van der Waals surface area contributed by atoms with Crippen LogP contribution in [0.25, 0.3) is 55.0 Å². The molecule has 0 unspecified atom stereocenters. The molecule has 3 aliphatic heterocycles. The van der Waals surface area contributed by atoms with Gasteiger partial charge in [-0.15, -0.1) is 0 Å². The Bertz CT molecular complexity index is 4000. The lowest BCUT2D eigenvalue weighted by molar-refractivity contribution is 0.486. The zero-order valence-corrected chi connectivity index (χ0v) is 39.7. The molecule has 0 amide bonds. The van der Waals surface area contributed by atoms with Crippen LogP contribution in [0.15, 0.2) is 257 Å². The molecule has 3 nitrogen and oxygen atoms in total. The maximum absolute atomic E-state index is 7.07. The van der Waals surface area contributed by atoms with E-state index in [1.165, 1.54) is 68.8 Å². The van der Waals surface area contributed by atoms with Crippen LogP contribution in [0, 0.1) is 0 Å². The molecule has 0 radical (unpaired) electrons. The molecule has 0 fully saturated rings. The van der Waals surface area contributed by atoms with Gasteiger partial charge < -0.3 is 14.1 Å². The predicted molar refractivity (Wildman–Crippen MR) is 296 cm³/mol. The van der Waals surface area contributed by atoms with Gasteiger partial charge >= 0.3 is 0 Å². The quantitative estimate of drug-likeness (QED) is 0.161. The highest BCUT2D eigenvalue weighted by Crippen LogP contribution is 2.47. The second-order valence-corrected chi connectivity index (χ2v) is 23.5. The van der Waals surface area contributed by atoms with Crippen LogP contribution in [0.5, 0.6) is 11.5 Å². The van der Waals surface area contributed by atoms with Crippen molar-refractivity contribution in [2.75, 3.05) is 4.90 Å². The third kappa shape index (κ3) is 5.72. The molecule has 0 N–H and O–H groups in total. The maximum atomic E-state index is 7.07. The van der Waals surface area contributed by atoms with Gasteiger partial charge in [-0.05, 0) is 95.5 Å². The second-order valence-electron chi connectivity index (χ2n) is 18.7. The summed E-state index contributed by atoms with van der Waals surface area (Å²) in [6, 6.07) is 89.9. The van der Waals surface area contributed by atoms with E-state index in [0.717, 1.165) is 61.6 Å². The number of para-hydroxylation sites is 3. The van der Waals surface area contributed by atoms with Crippen LogP contribution >= 0.6 is 11.8 Å². The van der Waals surface area contributed by atoms with Gasteiger partial charge in [0.25, 0.3) is 6.71 Å². The van der Waals surface area contributed by atoms with E-state index in [0.29, 0.717) is 0 Å². The molecule has 326 valence electrons. The summed E-state index contributed by atoms with van der Waals surface area (Å²) >= 11 is 1.85. The van der Waals surface area contributed by atoms with Crippen molar-refractivity contribution in [3.8, 4) is 33.8 Å². The first-order valence-corrected chi connectivity index (χ1v) is 26.8. The Hall–Kier alpha value is -8.29. The van der Waals surface area contributed by atoms with Crippen LogP contribution in [-0.4, -0.2) is 14.8 Å². The Morgan fingerprint density at radius 2 is 1.09 bits per heavy atom. The van der Waals surface area contributed by atoms with Gasteiger partial charge in [0.1, 0.15) is 22.7 Å². The Balaban J connectivity index is 1.05. The first-order chi connectivity index (χ1) is 34.7. The van der Waals surface area contributed by atoms with Gasteiger partial charge in [0.2, 0.25) is 0 Å². The number of benzene rings is 11. The van der Waals surface area contributed by atoms with E-state index in [2.05, 4.69) is 248 Å². The zero-order chi connectivity index (χ0) is 45.9. The third-order valence-corrected chi connectivity index (χ3v) is 21.0. The number of anilines is 3. The highest BCUT2D eigenvalue weighted by atomic mass is 32.2. The monoisotopic (exact) mass is 925 g/mol. The minimum atomic E-state index is -3.13. The normalized spacial score (nSPS) is 13.8. The van der Waals surface area contributed by atoms with Crippen LogP contribution in [0.2, 0.25) is 0 Å². The molecule has 12 aromatic rings. The average molecular weight is 926 g/mol. The molecular weight excluding hydrogens is 886 g/mol. The highest BCUT2D eigenvalue weighted by Gasteiger charge is 2.50. The van der Waals surface area contributed by atoms with Gasteiger partial charge in [0.05, 0.1) is 5.69 Å². The molecule has 3 aliphatic rings. The second kappa shape index (κ2) is 15.4. The summed E-state index contributed by atoms with van der Waals surface area (Å²) in [5.74, 6) is 1.81. The Kier molecular flexibility index (Phi) is 8.71.